The maximum Gasteiger partial charge on any atom is 0.335 e. The van der Waals surface area contributed by atoms with Gasteiger partial charge in [-0.3, -0.25) is 0 Å². The lowest BCUT2D eigenvalue weighted by molar-refractivity contribution is 0.0696. The van der Waals surface area contributed by atoms with Gasteiger partial charge in [0.25, 0.3) is 0 Å². The van der Waals surface area contributed by atoms with Crippen molar-refractivity contribution in [2.75, 3.05) is 13.6 Å². The predicted molar refractivity (Wildman–Crippen MR) is 63.5 cm³/mol. The number of hydrogen-bond donors (Lipinski definition) is 1. The summed E-state index contributed by atoms with van der Waals surface area (Å²) in [6.45, 7) is 2.02. The topological polar surface area (TPSA) is 74.7 Å². The van der Waals surface area contributed by atoms with Crippen LogP contribution in [0.25, 0.3) is 0 Å². The number of rotatable bonds is 5. The molecule has 0 heterocycles. The molecule has 0 spiro atoms. The Labute approximate surface area is 105 Å². The van der Waals surface area contributed by atoms with Crippen molar-refractivity contribution in [3.8, 4) is 0 Å². The van der Waals surface area contributed by atoms with Crippen molar-refractivity contribution >= 4 is 16.0 Å². The Bertz CT molecular complexity index is 556. The molecule has 5 nitrogen and oxygen atoms in total. The number of carboxylic acid groups (broad SMARTS) is 1. The predicted octanol–water partition coefficient (Wildman–Crippen LogP) is 1.55. The molecule has 0 aromatic heterocycles. The molecular weight excluding hydrogens is 261 g/mol. The summed E-state index contributed by atoms with van der Waals surface area (Å²) >= 11 is 0. The molecule has 100 valence electrons. The van der Waals surface area contributed by atoms with Crippen LogP contribution in [0.2, 0.25) is 0 Å². The van der Waals surface area contributed by atoms with Crippen LogP contribution >= 0.6 is 0 Å². The quantitative estimate of drug-likeness (QED) is 0.884. The molecule has 0 radical (unpaired) electrons. The largest absolute Gasteiger partial charge is 0.478 e. The molecule has 0 aliphatic carbocycles. The molecule has 0 amide bonds. The van der Waals surface area contributed by atoms with Crippen molar-refractivity contribution in [2.24, 2.45) is 0 Å². The number of hydrogen-bond acceptors (Lipinski definition) is 3. The minimum atomic E-state index is -3.99. The SMILES string of the molecule is CCCN(C)S(=O)(=O)c1cc(C(=O)O)ccc1F. The zero-order chi connectivity index (χ0) is 13.9. The Morgan fingerprint density at radius 3 is 2.56 bits per heavy atom. The van der Waals surface area contributed by atoms with E-state index in [4.69, 9.17) is 5.11 Å². The van der Waals surface area contributed by atoms with Crippen molar-refractivity contribution in [3.05, 3.63) is 29.6 Å². The highest BCUT2D eigenvalue weighted by Crippen LogP contribution is 2.20. The molecule has 1 aromatic rings. The van der Waals surface area contributed by atoms with Gasteiger partial charge in [-0.15, -0.1) is 0 Å². The lowest BCUT2D eigenvalue weighted by Gasteiger charge is -2.16. The van der Waals surface area contributed by atoms with E-state index in [9.17, 15) is 17.6 Å². The molecule has 0 saturated heterocycles. The third-order valence-corrected chi connectivity index (χ3v) is 4.28. The normalized spacial score (nSPS) is 11.8. The highest BCUT2D eigenvalue weighted by atomic mass is 32.2. The van der Waals surface area contributed by atoms with Gasteiger partial charge in [-0.25, -0.2) is 21.9 Å². The molecule has 7 heteroatoms. The smallest absolute Gasteiger partial charge is 0.335 e. The van der Waals surface area contributed by atoms with E-state index in [2.05, 4.69) is 0 Å². The minimum absolute atomic E-state index is 0.235. The third-order valence-electron chi connectivity index (χ3n) is 2.40. The molecule has 0 bridgehead atoms. The average molecular weight is 275 g/mol. The summed E-state index contributed by atoms with van der Waals surface area (Å²) in [6, 6.07) is 2.70. The van der Waals surface area contributed by atoms with Crippen molar-refractivity contribution < 1.29 is 22.7 Å². The Morgan fingerprint density at radius 1 is 1.44 bits per heavy atom. The van der Waals surface area contributed by atoms with Gasteiger partial charge < -0.3 is 5.11 Å². The molecule has 18 heavy (non-hydrogen) atoms. The van der Waals surface area contributed by atoms with Crippen molar-refractivity contribution in [3.63, 3.8) is 0 Å². The van der Waals surface area contributed by atoms with Crippen LogP contribution in [0.3, 0.4) is 0 Å². The Morgan fingerprint density at radius 2 is 2.06 bits per heavy atom. The van der Waals surface area contributed by atoms with E-state index >= 15 is 0 Å². The van der Waals surface area contributed by atoms with Gasteiger partial charge in [0.2, 0.25) is 10.0 Å². The molecule has 1 N–H and O–H groups in total. The zero-order valence-corrected chi connectivity index (χ0v) is 10.9. The molecule has 0 unspecified atom stereocenters. The summed E-state index contributed by atoms with van der Waals surface area (Å²) < 4.78 is 38.5. The van der Waals surface area contributed by atoms with Crippen LogP contribution in [-0.2, 0) is 10.0 Å². The average Bonchev–Trinajstić information content (AvgIpc) is 2.29. The van der Waals surface area contributed by atoms with Gasteiger partial charge in [-0.2, -0.15) is 0 Å². The second-order valence-electron chi connectivity index (χ2n) is 3.78. The molecule has 1 aromatic carbocycles. The second kappa shape index (κ2) is 5.45. The monoisotopic (exact) mass is 275 g/mol. The molecule has 0 atom stereocenters. The zero-order valence-electron chi connectivity index (χ0n) is 10.1. The first-order valence-electron chi connectivity index (χ1n) is 5.30. The van der Waals surface area contributed by atoms with E-state index in [1.54, 1.807) is 6.92 Å². The number of carboxylic acids is 1. The number of benzene rings is 1. The van der Waals surface area contributed by atoms with Gasteiger partial charge >= 0.3 is 5.97 Å². The fraction of sp³-hybridized carbons (Fsp3) is 0.364. The molecule has 0 saturated carbocycles. The van der Waals surface area contributed by atoms with Gasteiger partial charge in [0.1, 0.15) is 10.7 Å². The lowest BCUT2D eigenvalue weighted by atomic mass is 10.2. The molecular formula is C11H14FNO4S. The molecule has 0 aliphatic heterocycles. The summed E-state index contributed by atoms with van der Waals surface area (Å²) in [4.78, 5) is 10.1. The van der Waals surface area contributed by atoms with Crippen LogP contribution in [0, 0.1) is 5.82 Å². The maximum absolute atomic E-state index is 13.5. The number of halogens is 1. The van der Waals surface area contributed by atoms with E-state index in [0.717, 1.165) is 22.5 Å². The van der Waals surface area contributed by atoms with Crippen LogP contribution in [0.15, 0.2) is 23.1 Å². The Hall–Kier alpha value is -1.47. The minimum Gasteiger partial charge on any atom is -0.478 e. The van der Waals surface area contributed by atoms with E-state index < -0.39 is 26.7 Å². The van der Waals surface area contributed by atoms with Gasteiger partial charge in [-0.05, 0) is 24.6 Å². The lowest BCUT2D eigenvalue weighted by Crippen LogP contribution is -2.28. The van der Waals surface area contributed by atoms with Crippen molar-refractivity contribution in [1.82, 2.24) is 4.31 Å². The number of nitrogens with zero attached hydrogens (tertiary/aromatic N) is 1. The first-order valence-corrected chi connectivity index (χ1v) is 6.74. The van der Waals surface area contributed by atoms with Gasteiger partial charge in [-0.1, -0.05) is 6.92 Å². The summed E-state index contributed by atoms with van der Waals surface area (Å²) in [7, 11) is -2.67. The fourth-order valence-electron chi connectivity index (χ4n) is 1.44. The standard InChI is InChI=1S/C11H14FNO4S/c1-3-6-13(2)18(16,17)10-7-8(11(14)15)4-5-9(10)12/h4-5,7H,3,6H2,1-2H3,(H,14,15). The van der Waals surface area contributed by atoms with Crippen molar-refractivity contribution in [1.29, 1.82) is 0 Å². The highest BCUT2D eigenvalue weighted by Gasteiger charge is 2.25. The highest BCUT2D eigenvalue weighted by molar-refractivity contribution is 7.89. The number of aromatic carboxylic acids is 1. The van der Waals surface area contributed by atoms with Gasteiger partial charge in [0, 0.05) is 13.6 Å². The summed E-state index contributed by atoms with van der Waals surface area (Å²) in [6.07, 6.45) is 0.579. The van der Waals surface area contributed by atoms with Crippen molar-refractivity contribution in [2.45, 2.75) is 18.2 Å². The third kappa shape index (κ3) is 2.85. The van der Waals surface area contributed by atoms with Crippen LogP contribution in [0.5, 0.6) is 0 Å². The van der Waals surface area contributed by atoms with E-state index in [0.29, 0.717) is 6.42 Å². The first kappa shape index (κ1) is 14.6. The number of sulfonamides is 1. The summed E-state index contributed by atoms with van der Waals surface area (Å²) in [5, 5.41) is 8.78. The maximum atomic E-state index is 13.5. The van der Waals surface area contributed by atoms with Gasteiger partial charge in [0.05, 0.1) is 5.56 Å². The van der Waals surface area contributed by atoms with Crippen LogP contribution in [0.4, 0.5) is 4.39 Å². The second-order valence-corrected chi connectivity index (χ2v) is 5.79. The van der Waals surface area contributed by atoms with E-state index in [1.165, 1.54) is 7.05 Å². The number of carbonyl (C=O) groups is 1. The van der Waals surface area contributed by atoms with Crippen LogP contribution in [-0.4, -0.2) is 37.4 Å². The molecule has 0 aliphatic rings. The first-order chi connectivity index (χ1) is 8.30. The van der Waals surface area contributed by atoms with Gasteiger partial charge in [0.15, 0.2) is 0 Å². The Balaban J connectivity index is 3.31. The van der Waals surface area contributed by atoms with E-state index in [1.807, 2.05) is 0 Å². The van der Waals surface area contributed by atoms with E-state index in [-0.39, 0.29) is 12.1 Å². The Kier molecular flexibility index (Phi) is 4.42. The molecule has 1 rings (SSSR count). The fourth-order valence-corrected chi connectivity index (χ4v) is 2.79. The van der Waals surface area contributed by atoms with Crippen LogP contribution < -0.4 is 0 Å². The summed E-state index contributed by atoms with van der Waals surface area (Å²) in [5.74, 6) is -2.26. The van der Waals surface area contributed by atoms with Crippen LogP contribution in [0.1, 0.15) is 23.7 Å². The summed E-state index contributed by atoms with van der Waals surface area (Å²) in [5.41, 5.74) is -0.264. The molecule has 0 fully saturated rings.